The second kappa shape index (κ2) is 10.3. The van der Waals surface area contributed by atoms with Crippen LogP contribution >= 0.6 is 11.6 Å². The average molecular weight is 298 g/mol. The van der Waals surface area contributed by atoms with Gasteiger partial charge >= 0.3 is 5.97 Å². The van der Waals surface area contributed by atoms with Gasteiger partial charge in [-0.1, -0.05) is 61.1 Å². The van der Waals surface area contributed by atoms with Gasteiger partial charge in [0.25, 0.3) is 0 Å². The Kier molecular flexibility index (Phi) is 8.47. The van der Waals surface area contributed by atoms with Crippen molar-refractivity contribution >= 4 is 23.8 Å². The number of carbonyl (C=O) groups is 1. The molecule has 4 nitrogen and oxygen atoms in total. The highest BCUT2D eigenvalue weighted by atomic mass is 35.5. The summed E-state index contributed by atoms with van der Waals surface area (Å²) in [5, 5.41) is 4.27. The summed E-state index contributed by atoms with van der Waals surface area (Å²) in [6.45, 7) is 2.39. The molecule has 1 aromatic carbocycles. The van der Waals surface area contributed by atoms with Crippen LogP contribution in [0.5, 0.6) is 0 Å². The lowest BCUT2D eigenvalue weighted by Crippen LogP contribution is -2.11. The Labute approximate surface area is 124 Å². The Morgan fingerprint density at radius 2 is 2.10 bits per heavy atom. The maximum absolute atomic E-state index is 11.3. The Bertz CT molecular complexity index is 435. The summed E-state index contributed by atoms with van der Waals surface area (Å²) in [7, 11) is 0. The quantitative estimate of drug-likeness (QED) is 0.301. The fourth-order valence-corrected chi connectivity index (χ4v) is 1.70. The van der Waals surface area contributed by atoms with Crippen molar-refractivity contribution < 1.29 is 14.4 Å². The number of halogens is 1. The van der Waals surface area contributed by atoms with Crippen molar-refractivity contribution in [1.29, 1.82) is 0 Å². The van der Waals surface area contributed by atoms with Gasteiger partial charge in [-0.05, 0) is 12.5 Å². The Morgan fingerprint density at radius 3 is 2.85 bits per heavy atom. The molecule has 5 heteroatoms. The molecule has 0 atom stereocenters. The number of hydrogen-bond donors (Lipinski definition) is 0. The van der Waals surface area contributed by atoms with E-state index in [1.54, 1.807) is 12.1 Å². The standard InChI is InChI=1S/C15H20ClNO3/c1-2-3-4-7-10-19-15(18)12-20-17-11-13-8-5-6-9-14(13)16/h5-6,8-9,11H,2-4,7,10,12H2,1H3. The fourth-order valence-electron chi connectivity index (χ4n) is 1.52. The Balaban J connectivity index is 2.14. The molecule has 1 aromatic rings. The first-order chi connectivity index (χ1) is 9.74. The Morgan fingerprint density at radius 1 is 1.30 bits per heavy atom. The van der Waals surface area contributed by atoms with Crippen LogP contribution in [0.15, 0.2) is 29.4 Å². The van der Waals surface area contributed by atoms with E-state index < -0.39 is 5.97 Å². The van der Waals surface area contributed by atoms with Crippen LogP contribution in [0.2, 0.25) is 5.02 Å². The van der Waals surface area contributed by atoms with Gasteiger partial charge in [0.15, 0.2) is 0 Å². The Hall–Kier alpha value is -1.55. The van der Waals surface area contributed by atoms with E-state index in [1.165, 1.54) is 6.21 Å². The molecule has 0 fully saturated rings. The second-order valence-electron chi connectivity index (χ2n) is 4.31. The van der Waals surface area contributed by atoms with E-state index in [1.807, 2.05) is 12.1 Å². The normalized spacial score (nSPS) is 10.7. The summed E-state index contributed by atoms with van der Waals surface area (Å²) in [6, 6.07) is 7.24. The molecule has 0 unspecified atom stereocenters. The fraction of sp³-hybridized carbons (Fsp3) is 0.467. The van der Waals surface area contributed by atoms with E-state index in [0.29, 0.717) is 11.6 Å². The molecule has 0 N–H and O–H groups in total. The van der Waals surface area contributed by atoms with E-state index in [4.69, 9.17) is 21.2 Å². The number of hydrogen-bond acceptors (Lipinski definition) is 4. The summed E-state index contributed by atoms with van der Waals surface area (Å²) in [5.74, 6) is -0.405. The average Bonchev–Trinajstić information content (AvgIpc) is 2.45. The molecule has 0 radical (unpaired) electrons. The van der Waals surface area contributed by atoms with E-state index in [-0.39, 0.29) is 6.61 Å². The molecule has 0 saturated carbocycles. The molecular weight excluding hydrogens is 278 g/mol. The topological polar surface area (TPSA) is 47.9 Å². The number of benzene rings is 1. The molecular formula is C15H20ClNO3. The maximum Gasteiger partial charge on any atom is 0.347 e. The van der Waals surface area contributed by atoms with Crippen molar-refractivity contribution in [1.82, 2.24) is 0 Å². The van der Waals surface area contributed by atoms with E-state index in [9.17, 15) is 4.79 Å². The van der Waals surface area contributed by atoms with Crippen LogP contribution in [0.3, 0.4) is 0 Å². The molecule has 0 aliphatic carbocycles. The van der Waals surface area contributed by atoms with Crippen molar-refractivity contribution in [3.05, 3.63) is 34.9 Å². The van der Waals surface area contributed by atoms with Crippen molar-refractivity contribution in [3.63, 3.8) is 0 Å². The number of unbranched alkanes of at least 4 members (excludes halogenated alkanes) is 3. The molecule has 0 aliphatic heterocycles. The van der Waals surface area contributed by atoms with Gasteiger partial charge in [-0.25, -0.2) is 4.79 Å². The molecule has 1 rings (SSSR count). The monoisotopic (exact) mass is 297 g/mol. The molecule has 0 spiro atoms. The molecule has 20 heavy (non-hydrogen) atoms. The van der Waals surface area contributed by atoms with Crippen LogP contribution in [0.25, 0.3) is 0 Å². The minimum Gasteiger partial charge on any atom is -0.463 e. The van der Waals surface area contributed by atoms with Gasteiger partial charge in [-0.3, -0.25) is 0 Å². The van der Waals surface area contributed by atoms with Gasteiger partial charge in [-0.15, -0.1) is 0 Å². The van der Waals surface area contributed by atoms with E-state index in [0.717, 1.165) is 31.2 Å². The van der Waals surface area contributed by atoms with Gasteiger partial charge in [0.05, 0.1) is 12.8 Å². The SMILES string of the molecule is CCCCCCOC(=O)CON=Cc1ccccc1Cl. The van der Waals surface area contributed by atoms with Crippen LogP contribution in [-0.4, -0.2) is 25.4 Å². The smallest absolute Gasteiger partial charge is 0.347 e. The van der Waals surface area contributed by atoms with Gasteiger partial charge in [-0.2, -0.15) is 0 Å². The van der Waals surface area contributed by atoms with Crippen LogP contribution in [0.1, 0.15) is 38.2 Å². The zero-order chi connectivity index (χ0) is 14.6. The van der Waals surface area contributed by atoms with Gasteiger partial charge in [0, 0.05) is 10.6 Å². The highest BCUT2D eigenvalue weighted by Gasteiger charge is 2.02. The van der Waals surface area contributed by atoms with Crippen LogP contribution in [0.4, 0.5) is 0 Å². The summed E-state index contributed by atoms with van der Waals surface area (Å²) < 4.78 is 5.00. The number of nitrogens with zero attached hydrogens (tertiary/aromatic N) is 1. The number of esters is 1. The van der Waals surface area contributed by atoms with Crippen molar-refractivity contribution in [2.24, 2.45) is 5.16 Å². The maximum atomic E-state index is 11.3. The van der Waals surface area contributed by atoms with Crippen LogP contribution in [0, 0.1) is 0 Å². The second-order valence-corrected chi connectivity index (χ2v) is 4.72. The highest BCUT2D eigenvalue weighted by Crippen LogP contribution is 2.12. The van der Waals surface area contributed by atoms with Gasteiger partial charge in [0.1, 0.15) is 0 Å². The zero-order valence-electron chi connectivity index (χ0n) is 11.7. The van der Waals surface area contributed by atoms with Crippen LogP contribution < -0.4 is 0 Å². The van der Waals surface area contributed by atoms with Gasteiger partial charge < -0.3 is 9.57 Å². The van der Waals surface area contributed by atoms with Crippen molar-refractivity contribution in [3.8, 4) is 0 Å². The van der Waals surface area contributed by atoms with Crippen molar-refractivity contribution in [2.75, 3.05) is 13.2 Å². The first-order valence-electron chi connectivity index (χ1n) is 6.79. The zero-order valence-corrected chi connectivity index (χ0v) is 12.4. The first kappa shape index (κ1) is 16.5. The third-order valence-electron chi connectivity index (χ3n) is 2.61. The molecule has 0 heterocycles. The lowest BCUT2D eigenvalue weighted by Gasteiger charge is -2.03. The van der Waals surface area contributed by atoms with Crippen molar-refractivity contribution in [2.45, 2.75) is 32.6 Å². The highest BCUT2D eigenvalue weighted by molar-refractivity contribution is 6.33. The minimum atomic E-state index is -0.405. The predicted octanol–water partition coefficient (Wildman–Crippen LogP) is 3.81. The molecule has 0 aromatic heterocycles. The van der Waals surface area contributed by atoms with Gasteiger partial charge in [0.2, 0.25) is 6.61 Å². The van der Waals surface area contributed by atoms with Crippen LogP contribution in [-0.2, 0) is 14.4 Å². The van der Waals surface area contributed by atoms with E-state index in [2.05, 4.69) is 12.1 Å². The predicted molar refractivity (Wildman–Crippen MR) is 80.1 cm³/mol. The lowest BCUT2D eigenvalue weighted by molar-refractivity contribution is -0.149. The number of carbonyl (C=O) groups excluding carboxylic acids is 1. The third-order valence-corrected chi connectivity index (χ3v) is 2.96. The molecule has 0 aliphatic rings. The lowest BCUT2D eigenvalue weighted by atomic mass is 10.2. The summed E-state index contributed by atoms with van der Waals surface area (Å²) >= 11 is 5.94. The number of rotatable bonds is 9. The summed E-state index contributed by atoms with van der Waals surface area (Å²) in [4.78, 5) is 16.2. The summed E-state index contributed by atoms with van der Waals surface area (Å²) in [6.07, 6.45) is 5.76. The largest absolute Gasteiger partial charge is 0.463 e. The summed E-state index contributed by atoms with van der Waals surface area (Å²) in [5.41, 5.74) is 0.738. The molecule has 110 valence electrons. The molecule has 0 bridgehead atoms. The van der Waals surface area contributed by atoms with E-state index >= 15 is 0 Å². The number of oxime groups is 1. The third kappa shape index (κ3) is 7.14. The molecule has 0 amide bonds. The minimum absolute atomic E-state index is 0.186. The first-order valence-corrected chi connectivity index (χ1v) is 7.17. The molecule has 0 saturated heterocycles. The number of ether oxygens (including phenoxy) is 1.